The minimum Gasteiger partial charge on any atom is -0.481 e. The molecule has 0 heterocycles. The fraction of sp³-hybridized carbons (Fsp3) is 0.364. The number of hydrogen-bond acceptors (Lipinski definition) is 2. The highest BCUT2D eigenvalue weighted by atomic mass is 19.1. The Morgan fingerprint density at radius 3 is 2.87 bits per heavy atom. The molecule has 2 unspecified atom stereocenters. The minimum absolute atomic E-state index is 0.0182. The van der Waals surface area contributed by atoms with E-state index in [4.69, 9.17) is 5.11 Å². The van der Waals surface area contributed by atoms with Crippen molar-refractivity contribution in [3.05, 3.63) is 35.1 Å². The van der Waals surface area contributed by atoms with Gasteiger partial charge in [-0.25, -0.2) is 4.39 Å². The van der Waals surface area contributed by atoms with E-state index in [9.17, 15) is 14.3 Å². The van der Waals surface area contributed by atoms with E-state index in [2.05, 4.69) is 0 Å². The summed E-state index contributed by atoms with van der Waals surface area (Å²) in [5.74, 6) is -1.50. The molecule has 4 heteroatoms. The molecule has 0 aliphatic heterocycles. The number of benzene rings is 1. The van der Waals surface area contributed by atoms with E-state index in [1.807, 2.05) is 0 Å². The first-order valence-corrected chi connectivity index (χ1v) is 4.77. The molecular formula is C11H11FO3. The van der Waals surface area contributed by atoms with Gasteiger partial charge in [-0.15, -0.1) is 0 Å². The van der Waals surface area contributed by atoms with Gasteiger partial charge in [0.25, 0.3) is 0 Å². The third-order valence-corrected chi connectivity index (χ3v) is 2.78. The quantitative estimate of drug-likeness (QED) is 0.782. The van der Waals surface area contributed by atoms with Gasteiger partial charge < -0.3 is 10.2 Å². The van der Waals surface area contributed by atoms with Crippen molar-refractivity contribution in [2.45, 2.75) is 24.9 Å². The van der Waals surface area contributed by atoms with Crippen molar-refractivity contribution in [1.29, 1.82) is 0 Å². The average Bonchev–Trinajstić information content (AvgIpc) is 2.42. The van der Waals surface area contributed by atoms with Crippen LogP contribution in [0.25, 0.3) is 0 Å². The summed E-state index contributed by atoms with van der Waals surface area (Å²) in [5.41, 5.74) is 1.28. The molecule has 0 bridgehead atoms. The predicted octanol–water partition coefficient (Wildman–Crippen LogP) is 1.82. The molecule has 0 saturated carbocycles. The van der Waals surface area contributed by atoms with Crippen LogP contribution in [-0.4, -0.2) is 16.2 Å². The van der Waals surface area contributed by atoms with Gasteiger partial charge in [-0.3, -0.25) is 4.79 Å². The first-order chi connectivity index (χ1) is 7.08. The first kappa shape index (κ1) is 10.1. The molecule has 0 fully saturated rings. The Labute approximate surface area is 86.2 Å². The van der Waals surface area contributed by atoms with Crippen LogP contribution in [0.3, 0.4) is 0 Å². The highest BCUT2D eigenvalue weighted by Gasteiger charge is 2.31. The van der Waals surface area contributed by atoms with E-state index < -0.39 is 17.9 Å². The van der Waals surface area contributed by atoms with E-state index in [0.717, 1.165) is 5.56 Å². The van der Waals surface area contributed by atoms with Gasteiger partial charge in [0.2, 0.25) is 0 Å². The van der Waals surface area contributed by atoms with Gasteiger partial charge in [0.1, 0.15) is 5.82 Å². The maximum absolute atomic E-state index is 12.9. The van der Waals surface area contributed by atoms with E-state index in [1.165, 1.54) is 12.1 Å². The zero-order valence-corrected chi connectivity index (χ0v) is 7.98. The summed E-state index contributed by atoms with van der Waals surface area (Å²) in [5, 5.41) is 18.3. The number of carbonyl (C=O) groups is 1. The van der Waals surface area contributed by atoms with Crippen molar-refractivity contribution >= 4 is 5.97 Å². The largest absolute Gasteiger partial charge is 0.481 e. The molecule has 0 aromatic heterocycles. The van der Waals surface area contributed by atoms with Crippen LogP contribution in [0.4, 0.5) is 4.39 Å². The standard InChI is InChI=1S/C11H11FO3/c12-7-1-2-8-6(4-11(14)15)3-10(13)9(8)5-7/h1-2,5-6,10,13H,3-4H2,(H,14,15). The lowest BCUT2D eigenvalue weighted by Gasteiger charge is -2.07. The summed E-state index contributed by atoms with van der Waals surface area (Å²) in [7, 11) is 0. The van der Waals surface area contributed by atoms with Gasteiger partial charge >= 0.3 is 5.97 Å². The third-order valence-electron chi connectivity index (χ3n) is 2.78. The van der Waals surface area contributed by atoms with Crippen LogP contribution in [0.2, 0.25) is 0 Å². The summed E-state index contributed by atoms with van der Waals surface area (Å²) < 4.78 is 12.9. The molecule has 3 nitrogen and oxygen atoms in total. The number of rotatable bonds is 2. The van der Waals surface area contributed by atoms with Crippen molar-refractivity contribution < 1.29 is 19.4 Å². The monoisotopic (exact) mass is 210 g/mol. The molecule has 0 amide bonds. The van der Waals surface area contributed by atoms with Gasteiger partial charge in [0, 0.05) is 0 Å². The van der Waals surface area contributed by atoms with Crippen LogP contribution >= 0.6 is 0 Å². The zero-order valence-electron chi connectivity index (χ0n) is 7.98. The molecule has 1 aromatic rings. The SMILES string of the molecule is O=C(O)CC1CC(O)c2cc(F)ccc21. The second-order valence-electron chi connectivity index (χ2n) is 3.82. The molecule has 80 valence electrons. The second-order valence-corrected chi connectivity index (χ2v) is 3.82. The van der Waals surface area contributed by atoms with Gasteiger partial charge in [0.15, 0.2) is 0 Å². The molecule has 2 atom stereocenters. The van der Waals surface area contributed by atoms with Crippen LogP contribution in [-0.2, 0) is 4.79 Å². The second kappa shape index (κ2) is 3.62. The number of carboxylic acids is 1. The van der Waals surface area contributed by atoms with Crippen molar-refractivity contribution in [2.75, 3.05) is 0 Å². The summed E-state index contributed by atoms with van der Waals surface area (Å²) >= 11 is 0. The fourth-order valence-corrected chi connectivity index (χ4v) is 2.13. The van der Waals surface area contributed by atoms with Gasteiger partial charge in [-0.2, -0.15) is 0 Å². The molecule has 15 heavy (non-hydrogen) atoms. The van der Waals surface area contributed by atoms with Crippen molar-refractivity contribution in [2.24, 2.45) is 0 Å². The van der Waals surface area contributed by atoms with E-state index in [0.29, 0.717) is 12.0 Å². The van der Waals surface area contributed by atoms with Crippen molar-refractivity contribution in [3.63, 3.8) is 0 Å². The Hall–Kier alpha value is -1.42. The van der Waals surface area contributed by atoms with E-state index in [-0.39, 0.29) is 12.3 Å². The van der Waals surface area contributed by atoms with E-state index in [1.54, 1.807) is 6.07 Å². The normalized spacial score (nSPS) is 23.9. The Morgan fingerprint density at radius 2 is 2.20 bits per heavy atom. The smallest absolute Gasteiger partial charge is 0.303 e. The lowest BCUT2D eigenvalue weighted by atomic mass is 9.98. The summed E-state index contributed by atoms with van der Waals surface area (Å²) in [6, 6.07) is 4.14. The number of fused-ring (bicyclic) bond motifs is 1. The van der Waals surface area contributed by atoms with Gasteiger partial charge in [-0.1, -0.05) is 6.07 Å². The Morgan fingerprint density at radius 1 is 1.47 bits per heavy atom. The molecule has 2 rings (SSSR count). The fourth-order valence-electron chi connectivity index (χ4n) is 2.13. The first-order valence-electron chi connectivity index (χ1n) is 4.77. The molecule has 1 aromatic carbocycles. The lowest BCUT2D eigenvalue weighted by molar-refractivity contribution is -0.137. The zero-order chi connectivity index (χ0) is 11.0. The molecule has 0 radical (unpaired) electrons. The van der Waals surface area contributed by atoms with Crippen LogP contribution in [0, 0.1) is 5.82 Å². The van der Waals surface area contributed by atoms with Crippen LogP contribution in [0.15, 0.2) is 18.2 Å². The summed E-state index contributed by atoms with van der Waals surface area (Å²) in [6.45, 7) is 0. The minimum atomic E-state index is -0.899. The highest BCUT2D eigenvalue weighted by molar-refractivity contribution is 5.68. The molecule has 0 spiro atoms. The number of aliphatic carboxylic acids is 1. The Balaban J connectivity index is 2.33. The van der Waals surface area contributed by atoms with Gasteiger partial charge in [-0.05, 0) is 35.6 Å². The maximum atomic E-state index is 12.9. The summed E-state index contributed by atoms with van der Waals surface area (Å²) in [6.07, 6.45) is -0.388. The lowest BCUT2D eigenvalue weighted by Crippen LogP contribution is -2.03. The predicted molar refractivity (Wildman–Crippen MR) is 51.0 cm³/mol. The number of aliphatic hydroxyl groups excluding tert-OH is 1. The number of halogens is 1. The molecular weight excluding hydrogens is 199 g/mol. The van der Waals surface area contributed by atoms with Gasteiger partial charge in [0.05, 0.1) is 12.5 Å². The number of hydrogen-bond donors (Lipinski definition) is 2. The molecule has 2 N–H and O–H groups in total. The van der Waals surface area contributed by atoms with Crippen LogP contribution < -0.4 is 0 Å². The average molecular weight is 210 g/mol. The molecule has 1 aliphatic rings. The maximum Gasteiger partial charge on any atom is 0.303 e. The Bertz CT molecular complexity index is 403. The van der Waals surface area contributed by atoms with Crippen molar-refractivity contribution in [1.82, 2.24) is 0 Å². The molecule has 0 saturated heterocycles. The number of aliphatic hydroxyl groups is 1. The van der Waals surface area contributed by atoms with Crippen LogP contribution in [0.1, 0.15) is 36.0 Å². The van der Waals surface area contributed by atoms with Crippen molar-refractivity contribution in [3.8, 4) is 0 Å². The van der Waals surface area contributed by atoms with E-state index >= 15 is 0 Å². The Kier molecular flexibility index (Phi) is 2.44. The topological polar surface area (TPSA) is 57.5 Å². The summed E-state index contributed by atoms with van der Waals surface area (Å²) in [4.78, 5) is 10.6. The van der Waals surface area contributed by atoms with Crippen LogP contribution in [0.5, 0.6) is 0 Å². The molecule has 1 aliphatic carbocycles. The number of carboxylic acid groups (broad SMARTS) is 1. The third kappa shape index (κ3) is 1.85. The highest BCUT2D eigenvalue weighted by Crippen LogP contribution is 2.42.